The molecule has 5 atom stereocenters. The van der Waals surface area contributed by atoms with E-state index in [1.54, 1.807) is 35.0 Å². The molecule has 0 spiro atoms. The third kappa shape index (κ3) is 3.03. The molecule has 6 rings (SSSR count). The topological polar surface area (TPSA) is 91.5 Å². The van der Waals surface area contributed by atoms with Crippen LogP contribution in [0.2, 0.25) is 0 Å². The summed E-state index contributed by atoms with van der Waals surface area (Å²) in [5.74, 6) is 1.78. The fourth-order valence-electron chi connectivity index (χ4n) is 6.15. The summed E-state index contributed by atoms with van der Waals surface area (Å²) in [6, 6.07) is 10.5. The van der Waals surface area contributed by atoms with E-state index in [0.717, 1.165) is 31.1 Å². The van der Waals surface area contributed by atoms with Crippen molar-refractivity contribution in [2.24, 2.45) is 17.8 Å². The van der Waals surface area contributed by atoms with Crippen molar-refractivity contribution in [3.63, 3.8) is 0 Å². The first-order valence-corrected chi connectivity index (χ1v) is 11.3. The Bertz CT molecular complexity index is 1160. The van der Waals surface area contributed by atoms with E-state index in [0.29, 0.717) is 43.6 Å². The van der Waals surface area contributed by atoms with Gasteiger partial charge in [0, 0.05) is 67.8 Å². The zero-order chi connectivity index (χ0) is 21.8. The molecule has 6 heterocycles. The number of fused-ring (bicyclic) bond motifs is 5. The highest BCUT2D eigenvalue weighted by Gasteiger charge is 2.48. The Balaban J connectivity index is 1.37. The fourth-order valence-corrected chi connectivity index (χ4v) is 6.15. The van der Waals surface area contributed by atoms with Crippen molar-refractivity contribution in [1.29, 1.82) is 5.26 Å². The highest BCUT2D eigenvalue weighted by atomic mass is 16.5. The zero-order valence-electron chi connectivity index (χ0n) is 17.8. The number of rotatable bonds is 2. The molecule has 32 heavy (non-hydrogen) atoms. The number of anilines is 1. The van der Waals surface area contributed by atoms with E-state index in [1.165, 1.54) is 0 Å². The summed E-state index contributed by atoms with van der Waals surface area (Å²) in [7, 11) is 0. The van der Waals surface area contributed by atoms with Crippen LogP contribution in [0.1, 0.15) is 29.6 Å². The second-order valence-electron chi connectivity index (χ2n) is 9.52. The van der Waals surface area contributed by atoms with Crippen molar-refractivity contribution in [1.82, 2.24) is 14.5 Å². The van der Waals surface area contributed by atoms with Crippen molar-refractivity contribution >= 4 is 11.7 Å². The molecule has 4 aliphatic heterocycles. The van der Waals surface area contributed by atoms with Crippen molar-refractivity contribution in [3.05, 3.63) is 58.1 Å². The van der Waals surface area contributed by atoms with E-state index < -0.39 is 6.04 Å². The monoisotopic (exact) mass is 431 g/mol. The standard InChI is InChI=1S/C24H25N5O3/c25-8-15-4-5-26-21(6-15)27-9-16-7-17(10-27)23(29-20(16)2-1-3-22(29)30)24(31)28-11-18-13-32-14-19(18)12-28/h1-6,16-19,23H,7,9-14H2/t16-,17+,18-,19+,23+/m0/s1. The number of carbonyl (C=O) groups is 1. The van der Waals surface area contributed by atoms with Crippen LogP contribution >= 0.6 is 0 Å². The quantitative estimate of drug-likeness (QED) is 0.714. The lowest BCUT2D eigenvalue weighted by atomic mass is 9.78. The number of nitrogens with zero attached hydrogens (tertiary/aromatic N) is 5. The van der Waals surface area contributed by atoms with Gasteiger partial charge in [-0.25, -0.2) is 4.98 Å². The van der Waals surface area contributed by atoms with E-state index in [4.69, 9.17) is 4.74 Å². The molecule has 4 aliphatic rings. The maximum absolute atomic E-state index is 13.8. The first kappa shape index (κ1) is 19.5. The minimum absolute atomic E-state index is 0.0121. The van der Waals surface area contributed by atoms with Gasteiger partial charge in [-0.3, -0.25) is 14.2 Å². The average Bonchev–Trinajstić information content (AvgIpc) is 3.42. The lowest BCUT2D eigenvalue weighted by Crippen LogP contribution is -2.54. The lowest BCUT2D eigenvalue weighted by Gasteiger charge is -2.47. The van der Waals surface area contributed by atoms with Gasteiger partial charge in [-0.1, -0.05) is 6.07 Å². The Hall–Kier alpha value is -3.18. The second kappa shape index (κ2) is 7.45. The second-order valence-corrected chi connectivity index (χ2v) is 9.52. The summed E-state index contributed by atoms with van der Waals surface area (Å²) < 4.78 is 7.34. The predicted octanol–water partition coefficient (Wildman–Crippen LogP) is 1.38. The van der Waals surface area contributed by atoms with Crippen LogP contribution in [0.25, 0.3) is 0 Å². The molecule has 2 aromatic rings. The van der Waals surface area contributed by atoms with Gasteiger partial charge in [-0.2, -0.15) is 5.26 Å². The molecule has 0 aromatic carbocycles. The number of amides is 1. The van der Waals surface area contributed by atoms with E-state index in [9.17, 15) is 14.9 Å². The largest absolute Gasteiger partial charge is 0.381 e. The van der Waals surface area contributed by atoms with Gasteiger partial charge in [-0.15, -0.1) is 0 Å². The molecule has 2 aromatic heterocycles. The van der Waals surface area contributed by atoms with Gasteiger partial charge in [0.1, 0.15) is 11.9 Å². The molecule has 0 radical (unpaired) electrons. The summed E-state index contributed by atoms with van der Waals surface area (Å²) in [4.78, 5) is 35.4. The van der Waals surface area contributed by atoms with Gasteiger partial charge in [0.05, 0.1) is 24.8 Å². The molecule has 0 saturated carbocycles. The van der Waals surface area contributed by atoms with Crippen LogP contribution in [0.3, 0.4) is 0 Å². The van der Waals surface area contributed by atoms with Gasteiger partial charge in [0.15, 0.2) is 0 Å². The number of pyridine rings is 2. The van der Waals surface area contributed by atoms with Crippen molar-refractivity contribution in [2.75, 3.05) is 44.3 Å². The number of carbonyl (C=O) groups excluding carboxylic acids is 1. The number of piperidine rings is 1. The third-order valence-corrected chi connectivity index (χ3v) is 7.65. The summed E-state index contributed by atoms with van der Waals surface area (Å²) in [6.45, 7) is 4.21. The average molecular weight is 431 g/mol. The Morgan fingerprint density at radius 1 is 1.09 bits per heavy atom. The molecule has 0 N–H and O–H groups in total. The van der Waals surface area contributed by atoms with Crippen molar-refractivity contribution in [2.45, 2.75) is 18.4 Å². The highest BCUT2D eigenvalue weighted by Crippen LogP contribution is 2.43. The molecule has 0 unspecified atom stereocenters. The van der Waals surface area contributed by atoms with Gasteiger partial charge < -0.3 is 14.5 Å². The van der Waals surface area contributed by atoms with E-state index in [2.05, 4.69) is 16.0 Å². The van der Waals surface area contributed by atoms with Crippen LogP contribution in [0.15, 0.2) is 41.3 Å². The van der Waals surface area contributed by atoms with Crippen LogP contribution in [0, 0.1) is 29.1 Å². The molecule has 3 fully saturated rings. The van der Waals surface area contributed by atoms with Crippen LogP contribution in [-0.4, -0.2) is 59.8 Å². The number of nitriles is 1. The molecular weight excluding hydrogens is 406 g/mol. The number of hydrogen-bond donors (Lipinski definition) is 0. The maximum Gasteiger partial charge on any atom is 0.251 e. The van der Waals surface area contributed by atoms with E-state index in [1.807, 2.05) is 11.0 Å². The van der Waals surface area contributed by atoms with Gasteiger partial charge in [0.2, 0.25) is 5.91 Å². The fraction of sp³-hybridized carbons (Fsp3) is 0.500. The predicted molar refractivity (Wildman–Crippen MR) is 116 cm³/mol. The maximum atomic E-state index is 13.8. The third-order valence-electron chi connectivity index (χ3n) is 7.65. The Labute approximate surface area is 186 Å². The van der Waals surface area contributed by atoms with Crippen LogP contribution < -0.4 is 10.5 Å². The van der Waals surface area contributed by atoms with Crippen LogP contribution in [0.4, 0.5) is 5.82 Å². The van der Waals surface area contributed by atoms with Crippen molar-refractivity contribution < 1.29 is 9.53 Å². The van der Waals surface area contributed by atoms with Gasteiger partial charge in [-0.05, 0) is 24.6 Å². The Kier molecular flexibility index (Phi) is 4.54. The van der Waals surface area contributed by atoms with Crippen LogP contribution in [-0.2, 0) is 9.53 Å². The summed E-state index contributed by atoms with van der Waals surface area (Å²) in [5, 5.41) is 9.29. The molecule has 1 amide bonds. The molecule has 2 bridgehead atoms. The molecule has 3 saturated heterocycles. The summed E-state index contributed by atoms with van der Waals surface area (Å²) >= 11 is 0. The highest BCUT2D eigenvalue weighted by molar-refractivity contribution is 5.82. The van der Waals surface area contributed by atoms with E-state index >= 15 is 0 Å². The first-order valence-electron chi connectivity index (χ1n) is 11.3. The Morgan fingerprint density at radius 3 is 2.69 bits per heavy atom. The number of likely N-dealkylation sites (tertiary alicyclic amines) is 1. The minimum atomic E-state index is -0.503. The Morgan fingerprint density at radius 2 is 1.91 bits per heavy atom. The molecule has 0 aliphatic carbocycles. The van der Waals surface area contributed by atoms with Gasteiger partial charge in [0.25, 0.3) is 5.56 Å². The lowest BCUT2D eigenvalue weighted by molar-refractivity contribution is -0.137. The molecule has 8 nitrogen and oxygen atoms in total. The molecule has 164 valence electrons. The zero-order valence-corrected chi connectivity index (χ0v) is 17.8. The summed E-state index contributed by atoms with van der Waals surface area (Å²) in [5.41, 5.74) is 1.40. The SMILES string of the molecule is N#Cc1ccnc(N2C[C@@H]3C[C@H](C2)[C@H](C(=O)N2C[C@H]4COC[C@H]4C2)n2c3cccc2=O)c1. The smallest absolute Gasteiger partial charge is 0.251 e. The van der Waals surface area contributed by atoms with E-state index in [-0.39, 0.29) is 23.3 Å². The normalized spacial score (nSPS) is 30.5. The summed E-state index contributed by atoms with van der Waals surface area (Å²) in [6.07, 6.45) is 2.53. The van der Waals surface area contributed by atoms with Gasteiger partial charge >= 0.3 is 0 Å². The minimum Gasteiger partial charge on any atom is -0.381 e. The first-order chi connectivity index (χ1) is 15.6. The molecular formula is C24H25N5O3. The number of ether oxygens (including phenoxy) is 1. The number of hydrogen-bond acceptors (Lipinski definition) is 6. The number of aromatic nitrogens is 2. The van der Waals surface area contributed by atoms with Crippen molar-refractivity contribution in [3.8, 4) is 6.07 Å². The molecule has 8 heteroatoms. The van der Waals surface area contributed by atoms with Crippen LogP contribution in [0.5, 0.6) is 0 Å².